The number of hydrogen-bond donors (Lipinski definition) is 2. The Morgan fingerprint density at radius 3 is 2.91 bits per heavy atom. The Bertz CT molecular complexity index is 755. The molecule has 2 heterocycles. The van der Waals surface area contributed by atoms with Gasteiger partial charge in [0, 0.05) is 17.7 Å². The molecule has 0 spiro atoms. The summed E-state index contributed by atoms with van der Waals surface area (Å²) >= 11 is 1.26. The Labute approximate surface area is 137 Å². The first-order valence-corrected chi connectivity index (χ1v) is 7.90. The van der Waals surface area contributed by atoms with Crippen LogP contribution in [0.15, 0.2) is 49.1 Å². The van der Waals surface area contributed by atoms with E-state index in [-0.39, 0.29) is 12.1 Å². The highest BCUT2D eigenvalue weighted by atomic mass is 32.1. The number of carbonyl (C=O) groups is 1. The lowest BCUT2D eigenvalue weighted by Gasteiger charge is -2.13. The predicted molar refractivity (Wildman–Crippen MR) is 89.2 cm³/mol. The number of hydrogen-bond acceptors (Lipinski definition) is 5. The summed E-state index contributed by atoms with van der Waals surface area (Å²) in [6.07, 6.45) is 3.08. The molecule has 0 aliphatic rings. The molecule has 2 amide bonds. The third-order valence-electron chi connectivity index (χ3n) is 3.12. The first-order valence-electron chi connectivity index (χ1n) is 7.13. The number of urea groups is 1. The molecule has 0 unspecified atom stereocenters. The van der Waals surface area contributed by atoms with E-state index in [0.29, 0.717) is 11.5 Å². The minimum atomic E-state index is -0.263. The number of rotatable bonds is 5. The van der Waals surface area contributed by atoms with Crippen molar-refractivity contribution in [3.63, 3.8) is 0 Å². The number of nitrogens with one attached hydrogen (secondary N) is 2. The summed E-state index contributed by atoms with van der Waals surface area (Å²) in [4.78, 5) is 15.9. The lowest BCUT2D eigenvalue weighted by molar-refractivity contribution is 0.247. The molecule has 8 heteroatoms. The van der Waals surface area contributed by atoms with Crippen molar-refractivity contribution in [1.82, 2.24) is 24.5 Å². The van der Waals surface area contributed by atoms with Gasteiger partial charge in [0.05, 0.1) is 12.2 Å². The van der Waals surface area contributed by atoms with Crippen LogP contribution in [0.2, 0.25) is 0 Å². The van der Waals surface area contributed by atoms with Gasteiger partial charge in [0.1, 0.15) is 17.7 Å². The smallest absolute Gasteiger partial charge is 0.320 e. The quantitative estimate of drug-likeness (QED) is 0.754. The van der Waals surface area contributed by atoms with Crippen molar-refractivity contribution >= 4 is 22.6 Å². The largest absolute Gasteiger partial charge is 0.334 e. The molecule has 0 bridgehead atoms. The lowest BCUT2D eigenvalue weighted by Crippen LogP contribution is -2.38. The molecule has 1 aromatic carbocycles. The van der Waals surface area contributed by atoms with E-state index in [0.717, 1.165) is 11.3 Å². The Morgan fingerprint density at radius 2 is 2.17 bits per heavy atom. The maximum atomic E-state index is 12.0. The second-order valence-corrected chi connectivity index (χ2v) is 5.86. The molecular weight excluding hydrogens is 312 g/mol. The highest BCUT2D eigenvalue weighted by molar-refractivity contribution is 7.10. The average molecular weight is 328 g/mol. The second kappa shape index (κ2) is 7.01. The monoisotopic (exact) mass is 328 g/mol. The van der Waals surface area contributed by atoms with Crippen molar-refractivity contribution in [2.45, 2.75) is 19.5 Å². The zero-order chi connectivity index (χ0) is 16.1. The summed E-state index contributed by atoms with van der Waals surface area (Å²) in [6.45, 7) is 2.47. The fraction of sp³-hybridized carbons (Fsp3) is 0.200. The Balaban J connectivity index is 1.55. The van der Waals surface area contributed by atoms with Crippen molar-refractivity contribution in [2.24, 2.45) is 0 Å². The molecule has 0 saturated carbocycles. The van der Waals surface area contributed by atoms with E-state index >= 15 is 0 Å². The molecule has 2 aromatic heterocycles. The zero-order valence-electron chi connectivity index (χ0n) is 12.5. The molecule has 7 nitrogen and oxygen atoms in total. The second-order valence-electron chi connectivity index (χ2n) is 5.06. The number of amides is 2. The number of nitrogens with zero attached hydrogens (tertiary/aromatic N) is 4. The SMILES string of the molecule is C[C@@H](Cn1cncn1)NC(=O)Nc1cc(-c2ccccc2)ns1. The van der Waals surface area contributed by atoms with Gasteiger partial charge < -0.3 is 5.32 Å². The topological polar surface area (TPSA) is 84.7 Å². The molecule has 118 valence electrons. The zero-order valence-corrected chi connectivity index (χ0v) is 13.3. The fourth-order valence-corrected chi connectivity index (χ4v) is 2.76. The molecule has 2 N–H and O–H groups in total. The van der Waals surface area contributed by atoms with Gasteiger partial charge in [-0.2, -0.15) is 9.47 Å². The summed E-state index contributed by atoms with van der Waals surface area (Å²) in [5.74, 6) is 0. The highest BCUT2D eigenvalue weighted by Gasteiger charge is 2.11. The molecule has 23 heavy (non-hydrogen) atoms. The summed E-state index contributed by atoms with van der Waals surface area (Å²) in [7, 11) is 0. The van der Waals surface area contributed by atoms with E-state index in [1.165, 1.54) is 17.9 Å². The number of carbonyl (C=O) groups excluding carboxylic acids is 1. The number of anilines is 1. The van der Waals surface area contributed by atoms with E-state index in [4.69, 9.17) is 0 Å². The van der Waals surface area contributed by atoms with E-state index in [1.807, 2.05) is 43.3 Å². The van der Waals surface area contributed by atoms with Crippen LogP contribution >= 0.6 is 11.5 Å². The predicted octanol–water partition coefficient (Wildman–Crippen LogP) is 2.61. The van der Waals surface area contributed by atoms with Crippen LogP contribution < -0.4 is 10.6 Å². The van der Waals surface area contributed by atoms with Gasteiger partial charge in [0.15, 0.2) is 0 Å². The molecule has 3 aromatic rings. The fourth-order valence-electron chi connectivity index (χ4n) is 2.10. The van der Waals surface area contributed by atoms with E-state index in [9.17, 15) is 4.79 Å². The Hall–Kier alpha value is -2.74. The van der Waals surface area contributed by atoms with Gasteiger partial charge in [-0.25, -0.2) is 9.78 Å². The molecule has 0 aliphatic heterocycles. The van der Waals surface area contributed by atoms with Crippen molar-refractivity contribution in [3.05, 3.63) is 49.1 Å². The molecule has 0 saturated heterocycles. The first-order chi connectivity index (χ1) is 11.2. The van der Waals surface area contributed by atoms with E-state index < -0.39 is 0 Å². The minimum Gasteiger partial charge on any atom is -0.334 e. The van der Waals surface area contributed by atoms with Crippen LogP contribution in [0, 0.1) is 0 Å². The Morgan fingerprint density at radius 1 is 1.35 bits per heavy atom. The molecule has 0 aliphatic carbocycles. The van der Waals surface area contributed by atoms with Crippen molar-refractivity contribution in [1.29, 1.82) is 0 Å². The van der Waals surface area contributed by atoms with Crippen LogP contribution in [-0.2, 0) is 6.54 Å². The van der Waals surface area contributed by atoms with Gasteiger partial charge in [0.2, 0.25) is 0 Å². The van der Waals surface area contributed by atoms with Crippen molar-refractivity contribution < 1.29 is 4.79 Å². The third-order valence-corrected chi connectivity index (χ3v) is 3.83. The number of benzene rings is 1. The van der Waals surface area contributed by atoms with Crippen LogP contribution in [0.5, 0.6) is 0 Å². The molecule has 1 atom stereocenters. The van der Waals surface area contributed by atoms with Gasteiger partial charge in [-0.15, -0.1) is 0 Å². The Kier molecular flexibility index (Phi) is 4.62. The van der Waals surface area contributed by atoms with Crippen LogP contribution in [0.4, 0.5) is 9.80 Å². The van der Waals surface area contributed by atoms with E-state index in [1.54, 1.807) is 11.0 Å². The van der Waals surface area contributed by atoms with E-state index in [2.05, 4.69) is 25.1 Å². The van der Waals surface area contributed by atoms with Crippen LogP contribution in [0.3, 0.4) is 0 Å². The molecule has 0 fully saturated rings. The van der Waals surface area contributed by atoms with Gasteiger partial charge in [0.25, 0.3) is 0 Å². The van der Waals surface area contributed by atoms with Gasteiger partial charge in [-0.05, 0) is 18.5 Å². The average Bonchev–Trinajstić information content (AvgIpc) is 3.20. The highest BCUT2D eigenvalue weighted by Crippen LogP contribution is 2.24. The van der Waals surface area contributed by atoms with Crippen molar-refractivity contribution in [2.75, 3.05) is 5.32 Å². The summed E-state index contributed by atoms with van der Waals surface area (Å²) in [6, 6.07) is 11.4. The normalized spacial score (nSPS) is 11.9. The van der Waals surface area contributed by atoms with Gasteiger partial charge in [-0.1, -0.05) is 30.3 Å². The summed E-state index contributed by atoms with van der Waals surface area (Å²) in [5, 5.41) is 10.4. The molecular formula is C15H16N6OS. The maximum Gasteiger partial charge on any atom is 0.320 e. The van der Waals surface area contributed by atoms with Crippen LogP contribution in [0.1, 0.15) is 6.92 Å². The molecule has 0 radical (unpaired) electrons. The summed E-state index contributed by atoms with van der Waals surface area (Å²) in [5.41, 5.74) is 1.87. The van der Waals surface area contributed by atoms with Crippen molar-refractivity contribution in [3.8, 4) is 11.3 Å². The lowest BCUT2D eigenvalue weighted by atomic mass is 10.2. The molecule has 3 rings (SSSR count). The van der Waals surface area contributed by atoms with Gasteiger partial charge in [-0.3, -0.25) is 10.00 Å². The minimum absolute atomic E-state index is 0.0711. The first kappa shape index (κ1) is 15.2. The maximum absolute atomic E-state index is 12.0. The van der Waals surface area contributed by atoms with Crippen LogP contribution in [-0.4, -0.2) is 31.2 Å². The third kappa shape index (κ3) is 4.13. The standard InChI is InChI=1S/C15H16N6OS/c1-11(8-21-10-16-9-17-21)18-15(22)19-14-7-13(20-23-14)12-5-3-2-4-6-12/h2-7,9-11H,8H2,1H3,(H2,18,19,22)/t11-/m0/s1. The summed E-state index contributed by atoms with van der Waals surface area (Å²) < 4.78 is 6.03. The van der Waals surface area contributed by atoms with Crippen LogP contribution in [0.25, 0.3) is 11.3 Å². The van der Waals surface area contributed by atoms with Gasteiger partial charge >= 0.3 is 6.03 Å². The number of aromatic nitrogens is 4.